The minimum absolute atomic E-state index is 0.00337. The van der Waals surface area contributed by atoms with E-state index in [0.717, 1.165) is 22.2 Å². The predicted molar refractivity (Wildman–Crippen MR) is 110 cm³/mol. The van der Waals surface area contributed by atoms with Crippen LogP contribution in [0.15, 0.2) is 48.5 Å². The summed E-state index contributed by atoms with van der Waals surface area (Å²) in [6, 6.07) is 15.4. The zero-order valence-electron chi connectivity index (χ0n) is 15.5. The maximum atomic E-state index is 13.2. The van der Waals surface area contributed by atoms with E-state index in [2.05, 4.69) is 5.32 Å². The van der Waals surface area contributed by atoms with Crippen molar-refractivity contribution in [2.75, 3.05) is 18.4 Å². The molecule has 0 bridgehead atoms. The van der Waals surface area contributed by atoms with Gasteiger partial charge in [0.25, 0.3) is 5.91 Å². The van der Waals surface area contributed by atoms with Gasteiger partial charge in [-0.25, -0.2) is 0 Å². The monoisotopic (exact) mass is 393 g/mol. The van der Waals surface area contributed by atoms with Crippen molar-refractivity contribution in [1.82, 2.24) is 9.47 Å². The average molecular weight is 394 g/mol. The minimum atomic E-state index is -0.514. The number of carbonyl (C=O) groups excluding carboxylic acids is 2. The summed E-state index contributed by atoms with van der Waals surface area (Å²) in [4.78, 5) is 27.8. The van der Waals surface area contributed by atoms with Crippen molar-refractivity contribution in [1.29, 1.82) is 0 Å². The van der Waals surface area contributed by atoms with E-state index < -0.39 is 5.41 Å². The van der Waals surface area contributed by atoms with E-state index in [1.807, 2.05) is 65.0 Å². The number of para-hydroxylation sites is 1. The number of likely N-dealkylation sites (tertiary alicyclic amines) is 1. The van der Waals surface area contributed by atoms with Crippen LogP contribution in [0.2, 0.25) is 5.02 Å². The Hall–Kier alpha value is -2.79. The third-order valence-electron chi connectivity index (χ3n) is 6.25. The first-order chi connectivity index (χ1) is 13.5. The minimum Gasteiger partial charge on any atom is -0.340 e. The molecule has 1 spiro atoms. The van der Waals surface area contributed by atoms with Gasteiger partial charge in [-0.1, -0.05) is 29.8 Å². The van der Waals surface area contributed by atoms with Crippen LogP contribution in [-0.4, -0.2) is 34.4 Å². The summed E-state index contributed by atoms with van der Waals surface area (Å²) < 4.78 is 1.91. The number of nitrogens with one attached hydrogen (secondary N) is 1. The molecular formula is C22H20ClN3O2. The third kappa shape index (κ3) is 2.39. The quantitative estimate of drug-likeness (QED) is 0.680. The maximum absolute atomic E-state index is 13.2. The predicted octanol–water partition coefficient (Wildman–Crippen LogP) is 3.96. The van der Waals surface area contributed by atoms with Crippen molar-refractivity contribution in [2.45, 2.75) is 18.3 Å². The van der Waals surface area contributed by atoms with Crippen molar-refractivity contribution in [3.63, 3.8) is 0 Å². The molecule has 1 aromatic heterocycles. The molecular weight excluding hydrogens is 374 g/mol. The molecule has 0 aliphatic carbocycles. The molecule has 5 nitrogen and oxygen atoms in total. The summed E-state index contributed by atoms with van der Waals surface area (Å²) in [5, 5.41) is 4.62. The Morgan fingerprint density at radius 1 is 1.11 bits per heavy atom. The SMILES string of the molecule is Cn1c(C(=O)N2CCC3(CC2)C(=O)Nc2ccccc23)cc2cc(Cl)ccc21. The van der Waals surface area contributed by atoms with Crippen LogP contribution in [0, 0.1) is 0 Å². The fraction of sp³-hybridized carbons (Fsp3) is 0.273. The van der Waals surface area contributed by atoms with Gasteiger partial charge in [0.05, 0.1) is 5.41 Å². The molecule has 6 heteroatoms. The van der Waals surface area contributed by atoms with E-state index in [1.54, 1.807) is 0 Å². The summed E-state index contributed by atoms with van der Waals surface area (Å²) in [5.74, 6) is 0.0522. The number of hydrogen-bond acceptors (Lipinski definition) is 2. The Balaban J connectivity index is 1.41. The number of nitrogens with zero attached hydrogens (tertiary/aromatic N) is 2. The highest BCUT2D eigenvalue weighted by atomic mass is 35.5. The largest absolute Gasteiger partial charge is 0.340 e. The maximum Gasteiger partial charge on any atom is 0.270 e. The second-order valence-electron chi connectivity index (χ2n) is 7.67. The number of aryl methyl sites for hydroxylation is 1. The molecule has 5 rings (SSSR count). The number of benzene rings is 2. The molecule has 3 heterocycles. The lowest BCUT2D eigenvalue weighted by Gasteiger charge is -2.38. The van der Waals surface area contributed by atoms with Crippen molar-refractivity contribution in [2.24, 2.45) is 7.05 Å². The summed E-state index contributed by atoms with van der Waals surface area (Å²) in [6.45, 7) is 1.12. The van der Waals surface area contributed by atoms with Gasteiger partial charge in [0.1, 0.15) is 5.69 Å². The number of amides is 2. The molecule has 2 aliphatic rings. The molecule has 0 unspecified atom stereocenters. The van der Waals surface area contributed by atoms with Gasteiger partial charge >= 0.3 is 0 Å². The fourth-order valence-electron chi connectivity index (χ4n) is 4.65. The Morgan fingerprint density at radius 3 is 2.64 bits per heavy atom. The topological polar surface area (TPSA) is 54.3 Å². The van der Waals surface area contributed by atoms with E-state index in [-0.39, 0.29) is 11.8 Å². The number of aromatic nitrogens is 1. The smallest absolute Gasteiger partial charge is 0.270 e. The number of carbonyl (C=O) groups is 2. The van der Waals surface area contributed by atoms with Crippen molar-refractivity contribution in [3.8, 4) is 0 Å². The Morgan fingerprint density at radius 2 is 1.86 bits per heavy atom. The van der Waals surface area contributed by atoms with Gasteiger partial charge in [-0.3, -0.25) is 9.59 Å². The summed E-state index contributed by atoms with van der Waals surface area (Å²) in [6.07, 6.45) is 1.27. The lowest BCUT2D eigenvalue weighted by atomic mass is 9.73. The van der Waals surface area contributed by atoms with Crippen molar-refractivity contribution < 1.29 is 9.59 Å². The number of fused-ring (bicyclic) bond motifs is 3. The molecule has 3 aromatic rings. The van der Waals surface area contributed by atoms with Gasteiger partial charge < -0.3 is 14.8 Å². The van der Waals surface area contributed by atoms with Gasteiger partial charge in [0.2, 0.25) is 5.91 Å². The van der Waals surface area contributed by atoms with E-state index in [0.29, 0.717) is 36.6 Å². The van der Waals surface area contributed by atoms with Gasteiger partial charge in [-0.15, -0.1) is 0 Å². The first-order valence-electron chi connectivity index (χ1n) is 9.45. The zero-order valence-corrected chi connectivity index (χ0v) is 16.3. The number of anilines is 1. The molecule has 1 saturated heterocycles. The molecule has 2 aromatic carbocycles. The zero-order chi connectivity index (χ0) is 19.5. The van der Waals surface area contributed by atoms with E-state index in [1.165, 1.54) is 0 Å². The highest BCUT2D eigenvalue weighted by molar-refractivity contribution is 6.31. The number of piperidine rings is 1. The van der Waals surface area contributed by atoms with Crippen molar-refractivity contribution in [3.05, 3.63) is 64.8 Å². The van der Waals surface area contributed by atoms with Crippen molar-refractivity contribution >= 4 is 40.0 Å². The molecule has 0 radical (unpaired) electrons. The highest BCUT2D eigenvalue weighted by Gasteiger charge is 2.48. The lowest BCUT2D eigenvalue weighted by molar-refractivity contribution is -0.122. The summed E-state index contributed by atoms with van der Waals surface area (Å²) in [5.41, 5.74) is 3.07. The van der Waals surface area contributed by atoms with Gasteiger partial charge in [-0.05, 0) is 48.7 Å². The fourth-order valence-corrected chi connectivity index (χ4v) is 4.83. The van der Waals surface area contributed by atoms with Gasteiger partial charge in [-0.2, -0.15) is 0 Å². The number of halogens is 1. The third-order valence-corrected chi connectivity index (χ3v) is 6.49. The first kappa shape index (κ1) is 17.3. The van der Waals surface area contributed by atoms with Crippen LogP contribution in [0.3, 0.4) is 0 Å². The van der Waals surface area contributed by atoms with E-state index in [9.17, 15) is 9.59 Å². The standard InChI is InChI=1S/C22H20ClN3O2/c1-25-18-7-6-15(23)12-14(18)13-19(25)20(27)26-10-8-22(9-11-26)16-4-2-3-5-17(16)24-21(22)28/h2-7,12-13H,8-11H2,1H3,(H,24,28). The van der Waals surface area contributed by atoms with Gasteiger partial charge in [0.15, 0.2) is 0 Å². The van der Waals surface area contributed by atoms with Crippen LogP contribution >= 0.6 is 11.6 Å². The van der Waals surface area contributed by atoms with Crippen LogP contribution in [-0.2, 0) is 17.3 Å². The van der Waals surface area contributed by atoms with Gasteiger partial charge in [0, 0.05) is 41.8 Å². The molecule has 1 N–H and O–H groups in total. The first-order valence-corrected chi connectivity index (χ1v) is 9.83. The Bertz CT molecular complexity index is 1130. The Labute approximate surface area is 167 Å². The van der Waals surface area contributed by atoms with E-state index in [4.69, 9.17) is 11.6 Å². The highest BCUT2D eigenvalue weighted by Crippen LogP contribution is 2.44. The normalized spacial score (nSPS) is 17.8. The molecule has 2 aliphatic heterocycles. The van der Waals surface area contributed by atoms with Crippen LogP contribution in [0.5, 0.6) is 0 Å². The van der Waals surface area contributed by atoms with Crippen LogP contribution in [0.25, 0.3) is 10.9 Å². The van der Waals surface area contributed by atoms with E-state index >= 15 is 0 Å². The molecule has 1 fully saturated rings. The van der Waals surface area contributed by atoms with Crippen LogP contribution in [0.1, 0.15) is 28.9 Å². The van der Waals surface area contributed by atoms with Crippen LogP contribution in [0.4, 0.5) is 5.69 Å². The number of rotatable bonds is 1. The Kier molecular flexibility index (Phi) is 3.78. The molecule has 142 valence electrons. The molecule has 2 amide bonds. The lowest BCUT2D eigenvalue weighted by Crippen LogP contribution is -2.48. The molecule has 0 saturated carbocycles. The summed E-state index contributed by atoms with van der Waals surface area (Å²) in [7, 11) is 1.90. The second-order valence-corrected chi connectivity index (χ2v) is 8.10. The second kappa shape index (κ2) is 6.11. The van der Waals surface area contributed by atoms with Crippen LogP contribution < -0.4 is 5.32 Å². The summed E-state index contributed by atoms with van der Waals surface area (Å²) >= 11 is 6.09. The molecule has 28 heavy (non-hydrogen) atoms. The molecule has 0 atom stereocenters. The number of hydrogen-bond donors (Lipinski definition) is 1. The average Bonchev–Trinajstić information content (AvgIpc) is 3.16.